The predicted molar refractivity (Wildman–Crippen MR) is 58.6 cm³/mol. The number of para-hydroxylation sites is 1. The molecule has 0 unspecified atom stereocenters. The van der Waals surface area contributed by atoms with Crippen molar-refractivity contribution in [2.24, 2.45) is 0 Å². The van der Waals surface area contributed by atoms with Crippen LogP contribution in [0, 0.1) is 6.92 Å². The van der Waals surface area contributed by atoms with Gasteiger partial charge in [-0.2, -0.15) is 0 Å². The van der Waals surface area contributed by atoms with E-state index in [0.29, 0.717) is 13.0 Å². The lowest BCUT2D eigenvalue weighted by Crippen LogP contribution is -1.99. The van der Waals surface area contributed by atoms with E-state index in [0.717, 1.165) is 11.3 Å². The van der Waals surface area contributed by atoms with Gasteiger partial charge in [0, 0.05) is 6.42 Å². The van der Waals surface area contributed by atoms with Gasteiger partial charge in [0.1, 0.15) is 5.75 Å². The van der Waals surface area contributed by atoms with Crippen molar-refractivity contribution in [3.8, 4) is 5.75 Å². The number of hydrogen-bond acceptors (Lipinski definition) is 1. The molecule has 80 valence electrons. The van der Waals surface area contributed by atoms with E-state index in [4.69, 9.17) is 4.74 Å². The lowest BCUT2D eigenvalue weighted by Gasteiger charge is -2.06. The van der Waals surface area contributed by atoms with Gasteiger partial charge < -0.3 is 4.74 Å². The molecule has 0 heterocycles. The summed E-state index contributed by atoms with van der Waals surface area (Å²) in [5.74, 6) is 0.853. The molecular formula is C12H19FO. The molecule has 0 bridgehead atoms. The third-order valence-electron chi connectivity index (χ3n) is 1.63. The highest BCUT2D eigenvalue weighted by atomic mass is 19.1. The topological polar surface area (TPSA) is 9.23 Å². The van der Waals surface area contributed by atoms with Crippen LogP contribution in [0.15, 0.2) is 24.3 Å². The molecule has 0 aliphatic carbocycles. The smallest absolute Gasteiger partial charge is 0.122 e. The largest absolute Gasteiger partial charge is 0.493 e. The summed E-state index contributed by atoms with van der Waals surface area (Å²) in [5, 5.41) is 0. The van der Waals surface area contributed by atoms with Crippen molar-refractivity contribution in [2.45, 2.75) is 27.2 Å². The Balaban J connectivity index is 0.000000791. The van der Waals surface area contributed by atoms with Gasteiger partial charge >= 0.3 is 0 Å². The van der Waals surface area contributed by atoms with Gasteiger partial charge in [-0.15, -0.1) is 0 Å². The van der Waals surface area contributed by atoms with Gasteiger partial charge in [-0.05, 0) is 18.6 Å². The van der Waals surface area contributed by atoms with Crippen molar-refractivity contribution < 1.29 is 9.13 Å². The van der Waals surface area contributed by atoms with E-state index in [1.54, 1.807) is 0 Å². The summed E-state index contributed by atoms with van der Waals surface area (Å²) >= 11 is 0. The van der Waals surface area contributed by atoms with Crippen LogP contribution in [-0.4, -0.2) is 13.3 Å². The number of benzene rings is 1. The third kappa shape index (κ3) is 4.85. The van der Waals surface area contributed by atoms with Crippen LogP contribution in [0.3, 0.4) is 0 Å². The van der Waals surface area contributed by atoms with Crippen LogP contribution < -0.4 is 4.74 Å². The molecule has 0 amide bonds. The maximum atomic E-state index is 11.7. The molecule has 0 atom stereocenters. The summed E-state index contributed by atoms with van der Waals surface area (Å²) in [7, 11) is 0. The Kier molecular flexibility index (Phi) is 7.90. The minimum Gasteiger partial charge on any atom is -0.493 e. The summed E-state index contributed by atoms with van der Waals surface area (Å²) in [6.07, 6.45) is 0.467. The van der Waals surface area contributed by atoms with Crippen LogP contribution in [-0.2, 0) is 0 Å². The quantitative estimate of drug-likeness (QED) is 0.669. The van der Waals surface area contributed by atoms with Gasteiger partial charge in [0.05, 0.1) is 13.3 Å². The Morgan fingerprint density at radius 3 is 2.43 bits per heavy atom. The van der Waals surface area contributed by atoms with Crippen LogP contribution in [0.1, 0.15) is 25.8 Å². The van der Waals surface area contributed by atoms with E-state index in [2.05, 4.69) is 0 Å². The molecule has 0 aliphatic heterocycles. The Hall–Kier alpha value is -1.05. The lowest BCUT2D eigenvalue weighted by molar-refractivity contribution is 0.288. The van der Waals surface area contributed by atoms with Gasteiger partial charge in [-0.3, -0.25) is 4.39 Å². The second kappa shape index (κ2) is 8.54. The number of hydrogen-bond donors (Lipinski definition) is 0. The molecule has 1 aromatic carbocycles. The highest BCUT2D eigenvalue weighted by Gasteiger charge is 1.95. The highest BCUT2D eigenvalue weighted by Crippen LogP contribution is 2.15. The fourth-order valence-electron chi connectivity index (χ4n) is 0.955. The zero-order valence-corrected chi connectivity index (χ0v) is 9.22. The predicted octanol–water partition coefficient (Wildman–Crippen LogP) is 3.76. The van der Waals surface area contributed by atoms with Crippen LogP contribution in [0.25, 0.3) is 0 Å². The molecule has 0 N–H and O–H groups in total. The molecule has 0 aromatic heterocycles. The molecule has 1 rings (SSSR count). The average Bonchev–Trinajstić information content (AvgIpc) is 2.24. The van der Waals surface area contributed by atoms with Crippen LogP contribution in [0.2, 0.25) is 0 Å². The Labute approximate surface area is 85.9 Å². The van der Waals surface area contributed by atoms with Crippen LogP contribution >= 0.6 is 0 Å². The van der Waals surface area contributed by atoms with E-state index < -0.39 is 0 Å². The first-order valence-corrected chi connectivity index (χ1v) is 5.09. The first kappa shape index (κ1) is 12.9. The van der Waals surface area contributed by atoms with Crippen LogP contribution in [0.5, 0.6) is 5.75 Å². The SMILES string of the molecule is CC.Cc1ccccc1OCCCF. The highest BCUT2D eigenvalue weighted by molar-refractivity contribution is 5.31. The minimum absolute atomic E-state index is 0.314. The van der Waals surface area contributed by atoms with Crippen molar-refractivity contribution >= 4 is 0 Å². The van der Waals surface area contributed by atoms with Crippen LogP contribution in [0.4, 0.5) is 4.39 Å². The van der Waals surface area contributed by atoms with Crippen molar-refractivity contribution in [1.82, 2.24) is 0 Å². The standard InChI is InChI=1S/C10H13FO.C2H6/c1-9-5-2-3-6-10(9)12-8-4-7-11;1-2/h2-3,5-6H,4,7-8H2,1H3;1-2H3. The fraction of sp³-hybridized carbons (Fsp3) is 0.500. The molecule has 0 aliphatic rings. The number of alkyl halides is 1. The van der Waals surface area contributed by atoms with Crippen molar-refractivity contribution in [3.05, 3.63) is 29.8 Å². The lowest BCUT2D eigenvalue weighted by atomic mass is 10.2. The van der Waals surface area contributed by atoms with Gasteiger partial charge in [0.2, 0.25) is 0 Å². The zero-order chi connectivity index (χ0) is 10.8. The number of halogens is 1. The second-order valence-electron chi connectivity index (χ2n) is 2.66. The maximum Gasteiger partial charge on any atom is 0.122 e. The van der Waals surface area contributed by atoms with E-state index >= 15 is 0 Å². The molecule has 1 aromatic rings. The second-order valence-corrected chi connectivity index (χ2v) is 2.66. The van der Waals surface area contributed by atoms with Crippen molar-refractivity contribution in [1.29, 1.82) is 0 Å². The summed E-state index contributed by atoms with van der Waals surface area (Å²) in [4.78, 5) is 0. The Morgan fingerprint density at radius 2 is 1.86 bits per heavy atom. The van der Waals surface area contributed by atoms with E-state index in [9.17, 15) is 4.39 Å². The molecule has 0 spiro atoms. The Morgan fingerprint density at radius 1 is 1.21 bits per heavy atom. The number of rotatable bonds is 4. The number of aryl methyl sites for hydroxylation is 1. The van der Waals surface area contributed by atoms with Gasteiger partial charge in [0.25, 0.3) is 0 Å². The van der Waals surface area contributed by atoms with Crippen molar-refractivity contribution in [2.75, 3.05) is 13.3 Å². The molecule has 0 saturated carbocycles. The van der Waals surface area contributed by atoms with E-state index in [1.165, 1.54) is 0 Å². The maximum absolute atomic E-state index is 11.7. The summed E-state index contributed by atoms with van der Waals surface area (Å²) in [6, 6.07) is 7.74. The minimum atomic E-state index is -0.314. The molecule has 1 nitrogen and oxygen atoms in total. The molecule has 0 fully saturated rings. The normalized spacial score (nSPS) is 8.86. The monoisotopic (exact) mass is 198 g/mol. The van der Waals surface area contributed by atoms with Gasteiger partial charge in [-0.1, -0.05) is 32.0 Å². The molecule has 0 radical (unpaired) electrons. The van der Waals surface area contributed by atoms with Crippen molar-refractivity contribution in [3.63, 3.8) is 0 Å². The molecular weight excluding hydrogens is 179 g/mol. The van der Waals surface area contributed by atoms with E-state index in [-0.39, 0.29) is 6.67 Å². The number of ether oxygens (including phenoxy) is 1. The average molecular weight is 198 g/mol. The first-order valence-electron chi connectivity index (χ1n) is 5.09. The molecule has 0 saturated heterocycles. The fourth-order valence-corrected chi connectivity index (χ4v) is 0.955. The summed E-state index contributed by atoms with van der Waals surface area (Å²) in [5.41, 5.74) is 1.09. The summed E-state index contributed by atoms with van der Waals surface area (Å²) < 4.78 is 17.1. The Bertz CT molecular complexity index is 236. The molecule has 14 heavy (non-hydrogen) atoms. The molecule has 2 heteroatoms. The third-order valence-corrected chi connectivity index (χ3v) is 1.63. The van der Waals surface area contributed by atoms with E-state index in [1.807, 2.05) is 45.0 Å². The zero-order valence-electron chi connectivity index (χ0n) is 9.22. The van der Waals surface area contributed by atoms with Gasteiger partial charge in [-0.25, -0.2) is 0 Å². The van der Waals surface area contributed by atoms with Gasteiger partial charge in [0.15, 0.2) is 0 Å². The first-order chi connectivity index (χ1) is 6.84. The summed E-state index contributed by atoms with van der Waals surface area (Å²) in [6.45, 7) is 6.12.